The molecule has 3 rings (SSSR count). The van der Waals surface area contributed by atoms with Crippen molar-refractivity contribution in [3.05, 3.63) is 0 Å². The molecule has 0 amide bonds. The quantitative estimate of drug-likeness (QED) is 0.771. The Kier molecular flexibility index (Phi) is 4.58. The normalized spacial score (nSPS) is 29.3. The number of rotatable bonds is 4. The molecule has 2 heteroatoms. The van der Waals surface area contributed by atoms with E-state index in [0.29, 0.717) is 0 Å². The third-order valence-electron chi connectivity index (χ3n) is 5.26. The maximum absolute atomic E-state index is 3.79. The molecule has 0 bridgehead atoms. The minimum absolute atomic E-state index is 0.827. The fourth-order valence-electron chi connectivity index (χ4n) is 3.75. The molecule has 2 aliphatic carbocycles. The molecular weight excluding hydrogens is 220 g/mol. The van der Waals surface area contributed by atoms with Crippen LogP contribution in [0.3, 0.4) is 0 Å². The van der Waals surface area contributed by atoms with Gasteiger partial charge in [-0.25, -0.2) is 0 Å². The lowest BCUT2D eigenvalue weighted by molar-refractivity contribution is 0.131. The number of nitrogens with one attached hydrogen (secondary N) is 1. The summed E-state index contributed by atoms with van der Waals surface area (Å²) in [6.07, 6.45) is 14.6. The van der Waals surface area contributed by atoms with Crippen molar-refractivity contribution in [1.29, 1.82) is 0 Å². The van der Waals surface area contributed by atoms with Crippen LogP contribution in [-0.4, -0.2) is 36.6 Å². The van der Waals surface area contributed by atoms with Gasteiger partial charge in [-0.1, -0.05) is 25.7 Å². The van der Waals surface area contributed by atoms with Crippen LogP contribution in [0, 0.1) is 5.92 Å². The number of hydrogen-bond donors (Lipinski definition) is 1. The van der Waals surface area contributed by atoms with Gasteiger partial charge in [-0.3, -0.25) is 0 Å². The second kappa shape index (κ2) is 6.38. The topological polar surface area (TPSA) is 15.3 Å². The van der Waals surface area contributed by atoms with E-state index in [1.807, 2.05) is 0 Å². The summed E-state index contributed by atoms with van der Waals surface area (Å²) in [6.45, 7) is 4.01. The average Bonchev–Trinajstić information content (AvgIpc) is 3.24. The smallest absolute Gasteiger partial charge is 0.00952 e. The highest BCUT2D eigenvalue weighted by molar-refractivity contribution is 4.84. The fraction of sp³-hybridized carbons (Fsp3) is 1.00. The Hall–Kier alpha value is -0.0800. The largest absolute Gasteiger partial charge is 0.314 e. The van der Waals surface area contributed by atoms with E-state index in [9.17, 15) is 0 Å². The third-order valence-corrected chi connectivity index (χ3v) is 5.26. The minimum atomic E-state index is 0.827. The first-order valence-corrected chi connectivity index (χ1v) is 8.39. The van der Waals surface area contributed by atoms with Gasteiger partial charge in [0, 0.05) is 12.1 Å². The monoisotopic (exact) mass is 250 g/mol. The van der Waals surface area contributed by atoms with Gasteiger partial charge in [0.1, 0.15) is 0 Å². The summed E-state index contributed by atoms with van der Waals surface area (Å²) in [6, 6.07) is 1.75. The van der Waals surface area contributed by atoms with Crippen LogP contribution >= 0.6 is 0 Å². The molecule has 1 aliphatic heterocycles. The molecular formula is C16H30N2. The van der Waals surface area contributed by atoms with Crippen molar-refractivity contribution in [2.45, 2.75) is 76.3 Å². The van der Waals surface area contributed by atoms with Gasteiger partial charge in [-0.2, -0.15) is 0 Å². The summed E-state index contributed by atoms with van der Waals surface area (Å²) < 4.78 is 0. The number of likely N-dealkylation sites (tertiary alicyclic amines) is 1. The zero-order valence-corrected chi connectivity index (χ0v) is 11.9. The fourth-order valence-corrected chi connectivity index (χ4v) is 3.75. The summed E-state index contributed by atoms with van der Waals surface area (Å²) in [4.78, 5) is 2.81. The van der Waals surface area contributed by atoms with Crippen LogP contribution in [0.5, 0.6) is 0 Å². The van der Waals surface area contributed by atoms with E-state index < -0.39 is 0 Å². The van der Waals surface area contributed by atoms with E-state index in [-0.39, 0.29) is 0 Å². The first-order chi connectivity index (χ1) is 8.92. The second-order valence-corrected chi connectivity index (χ2v) is 6.81. The van der Waals surface area contributed by atoms with Crippen molar-refractivity contribution in [1.82, 2.24) is 10.2 Å². The molecule has 2 saturated carbocycles. The van der Waals surface area contributed by atoms with Crippen LogP contribution in [0.4, 0.5) is 0 Å². The molecule has 0 atom stereocenters. The molecule has 104 valence electrons. The Morgan fingerprint density at radius 2 is 1.44 bits per heavy atom. The van der Waals surface area contributed by atoms with Gasteiger partial charge >= 0.3 is 0 Å². The maximum atomic E-state index is 3.79. The van der Waals surface area contributed by atoms with Gasteiger partial charge in [-0.15, -0.1) is 0 Å². The standard InChI is InChI=1S/C16H30N2/c1-2-4-6-16(5-3-1)18-11-9-15(10-12-18)17-13-14-7-8-14/h14-17H,1-13H2. The van der Waals surface area contributed by atoms with E-state index in [2.05, 4.69) is 10.2 Å². The average molecular weight is 250 g/mol. The van der Waals surface area contributed by atoms with E-state index in [1.54, 1.807) is 0 Å². The van der Waals surface area contributed by atoms with Crippen LogP contribution < -0.4 is 5.32 Å². The predicted molar refractivity (Wildman–Crippen MR) is 76.8 cm³/mol. The van der Waals surface area contributed by atoms with Crippen molar-refractivity contribution in [2.24, 2.45) is 5.92 Å². The summed E-state index contributed by atoms with van der Waals surface area (Å²) in [7, 11) is 0. The van der Waals surface area contributed by atoms with Crippen molar-refractivity contribution in [3.8, 4) is 0 Å². The van der Waals surface area contributed by atoms with Gasteiger partial charge < -0.3 is 10.2 Å². The zero-order valence-electron chi connectivity index (χ0n) is 11.9. The molecule has 0 aromatic rings. The van der Waals surface area contributed by atoms with E-state index in [0.717, 1.165) is 18.0 Å². The van der Waals surface area contributed by atoms with Gasteiger partial charge in [0.25, 0.3) is 0 Å². The maximum Gasteiger partial charge on any atom is 0.00952 e. The van der Waals surface area contributed by atoms with E-state index in [4.69, 9.17) is 0 Å². The molecule has 2 nitrogen and oxygen atoms in total. The molecule has 1 heterocycles. The highest BCUT2D eigenvalue weighted by Crippen LogP contribution is 2.28. The summed E-state index contributed by atoms with van der Waals surface area (Å²) in [5, 5.41) is 3.79. The van der Waals surface area contributed by atoms with Gasteiger partial charge in [0.2, 0.25) is 0 Å². The molecule has 0 radical (unpaired) electrons. The molecule has 18 heavy (non-hydrogen) atoms. The number of nitrogens with zero attached hydrogens (tertiary/aromatic N) is 1. The first kappa shape index (κ1) is 12.9. The van der Waals surface area contributed by atoms with Gasteiger partial charge in [-0.05, 0) is 64.1 Å². The van der Waals surface area contributed by atoms with E-state index in [1.165, 1.54) is 83.8 Å². The second-order valence-electron chi connectivity index (χ2n) is 6.81. The lowest BCUT2D eigenvalue weighted by Gasteiger charge is -2.37. The lowest BCUT2D eigenvalue weighted by Crippen LogP contribution is -2.46. The number of hydrogen-bond acceptors (Lipinski definition) is 2. The first-order valence-electron chi connectivity index (χ1n) is 8.39. The Balaban J connectivity index is 1.38. The van der Waals surface area contributed by atoms with Crippen molar-refractivity contribution < 1.29 is 0 Å². The molecule has 3 fully saturated rings. The van der Waals surface area contributed by atoms with Crippen LogP contribution in [0.15, 0.2) is 0 Å². The lowest BCUT2D eigenvalue weighted by atomic mass is 9.99. The molecule has 0 unspecified atom stereocenters. The molecule has 0 aromatic carbocycles. The van der Waals surface area contributed by atoms with Gasteiger partial charge in [0.05, 0.1) is 0 Å². The SMILES string of the molecule is C1CCCC(N2CCC(NCC3CC3)CC2)CC1. The molecule has 1 saturated heterocycles. The molecule has 0 spiro atoms. The summed E-state index contributed by atoms with van der Waals surface area (Å²) in [5.74, 6) is 1.03. The molecule has 0 aromatic heterocycles. The Morgan fingerprint density at radius 3 is 2.06 bits per heavy atom. The molecule has 1 N–H and O–H groups in total. The van der Waals surface area contributed by atoms with Crippen LogP contribution in [-0.2, 0) is 0 Å². The number of piperidine rings is 1. The van der Waals surface area contributed by atoms with Crippen LogP contribution in [0.1, 0.15) is 64.2 Å². The van der Waals surface area contributed by atoms with Gasteiger partial charge in [0.15, 0.2) is 0 Å². The highest BCUT2D eigenvalue weighted by atomic mass is 15.2. The molecule has 3 aliphatic rings. The van der Waals surface area contributed by atoms with Crippen LogP contribution in [0.2, 0.25) is 0 Å². The predicted octanol–water partition coefficient (Wildman–Crippen LogP) is 3.17. The van der Waals surface area contributed by atoms with E-state index >= 15 is 0 Å². The summed E-state index contributed by atoms with van der Waals surface area (Å²) >= 11 is 0. The zero-order chi connectivity index (χ0) is 12.2. The summed E-state index contributed by atoms with van der Waals surface area (Å²) in [5.41, 5.74) is 0. The van der Waals surface area contributed by atoms with Crippen molar-refractivity contribution in [3.63, 3.8) is 0 Å². The minimum Gasteiger partial charge on any atom is -0.314 e. The highest BCUT2D eigenvalue weighted by Gasteiger charge is 2.27. The van der Waals surface area contributed by atoms with Crippen molar-refractivity contribution in [2.75, 3.05) is 19.6 Å². The van der Waals surface area contributed by atoms with Crippen molar-refractivity contribution >= 4 is 0 Å². The van der Waals surface area contributed by atoms with Crippen LogP contribution in [0.25, 0.3) is 0 Å². The Bertz CT molecular complexity index is 233. The Labute approximate surface area is 113 Å². The third kappa shape index (κ3) is 3.71. The Morgan fingerprint density at radius 1 is 0.778 bits per heavy atom.